The molecule has 21 heavy (non-hydrogen) atoms. The molecule has 0 radical (unpaired) electrons. The molecule has 0 aromatic heterocycles. The Balaban J connectivity index is 2.83. The van der Waals surface area contributed by atoms with Crippen molar-refractivity contribution in [1.29, 1.82) is 0 Å². The number of hydrogen-bond donors (Lipinski definition) is 2. The molecule has 0 aliphatic heterocycles. The van der Waals surface area contributed by atoms with Gasteiger partial charge in [0.15, 0.2) is 0 Å². The monoisotopic (exact) mass is 394 g/mol. The second kappa shape index (κ2) is 9.15. The molecule has 2 N–H and O–H groups in total. The van der Waals surface area contributed by atoms with Gasteiger partial charge in [-0.15, -0.1) is 0 Å². The maximum atomic E-state index is 12.3. The smallest absolute Gasteiger partial charge is 0.241 e. The van der Waals surface area contributed by atoms with Crippen LogP contribution in [0.5, 0.6) is 0 Å². The highest BCUT2D eigenvalue weighted by Gasteiger charge is 2.20. The summed E-state index contributed by atoms with van der Waals surface area (Å²) in [6.07, 6.45) is 3.03. The summed E-state index contributed by atoms with van der Waals surface area (Å²) in [5, 5.41) is 3.30. The lowest BCUT2D eigenvalue weighted by Crippen LogP contribution is -2.34. The first kappa shape index (κ1) is 19.0. The largest absolute Gasteiger partial charge is 0.313 e. The Labute approximate surface area is 140 Å². The lowest BCUT2D eigenvalue weighted by atomic mass is 10.2. The van der Waals surface area contributed by atoms with Gasteiger partial charge in [0.25, 0.3) is 0 Å². The van der Waals surface area contributed by atoms with Crippen molar-refractivity contribution in [3.63, 3.8) is 0 Å². The molecule has 0 aliphatic carbocycles. The summed E-state index contributed by atoms with van der Waals surface area (Å²) in [6, 6.07) is 5.27. The van der Waals surface area contributed by atoms with Crippen LogP contribution in [0.1, 0.15) is 25.8 Å². The Morgan fingerprint density at radius 1 is 1.38 bits per heavy atom. The van der Waals surface area contributed by atoms with Crippen molar-refractivity contribution in [3.05, 3.63) is 28.2 Å². The van der Waals surface area contributed by atoms with E-state index in [-0.39, 0.29) is 10.9 Å². The molecular formula is C14H23BrN2O2S2. The van der Waals surface area contributed by atoms with Crippen molar-refractivity contribution in [2.75, 3.05) is 18.6 Å². The zero-order chi connectivity index (χ0) is 15.9. The number of rotatable bonds is 9. The maximum Gasteiger partial charge on any atom is 0.241 e. The molecule has 1 unspecified atom stereocenters. The lowest BCUT2D eigenvalue weighted by molar-refractivity contribution is 0.570. The Bertz CT molecular complexity index is 550. The molecule has 0 saturated carbocycles. The number of halogens is 1. The van der Waals surface area contributed by atoms with E-state index >= 15 is 0 Å². The molecule has 0 aliphatic rings. The van der Waals surface area contributed by atoms with Gasteiger partial charge in [-0.25, -0.2) is 13.1 Å². The van der Waals surface area contributed by atoms with E-state index in [0.717, 1.165) is 30.8 Å². The van der Waals surface area contributed by atoms with Crippen molar-refractivity contribution < 1.29 is 8.42 Å². The number of hydrogen-bond acceptors (Lipinski definition) is 4. The van der Waals surface area contributed by atoms with E-state index < -0.39 is 10.0 Å². The molecule has 0 fully saturated rings. The van der Waals surface area contributed by atoms with Crippen LogP contribution in [0.2, 0.25) is 0 Å². The van der Waals surface area contributed by atoms with Crippen LogP contribution in [0.15, 0.2) is 27.6 Å². The van der Waals surface area contributed by atoms with Gasteiger partial charge in [0, 0.05) is 22.8 Å². The topological polar surface area (TPSA) is 58.2 Å². The van der Waals surface area contributed by atoms with Gasteiger partial charge < -0.3 is 5.32 Å². The van der Waals surface area contributed by atoms with Crippen molar-refractivity contribution in [2.45, 2.75) is 37.8 Å². The normalized spacial score (nSPS) is 13.3. The first-order valence-corrected chi connectivity index (χ1v) is 10.6. The van der Waals surface area contributed by atoms with Gasteiger partial charge in [-0.2, -0.15) is 11.8 Å². The minimum Gasteiger partial charge on any atom is -0.313 e. The van der Waals surface area contributed by atoms with E-state index in [9.17, 15) is 8.42 Å². The fraction of sp³-hybridized carbons (Fsp3) is 0.571. The molecule has 1 rings (SSSR count). The zero-order valence-electron chi connectivity index (χ0n) is 12.6. The first-order chi connectivity index (χ1) is 9.90. The quantitative estimate of drug-likeness (QED) is 0.632. The third-order valence-corrected chi connectivity index (χ3v) is 6.21. The van der Waals surface area contributed by atoms with Crippen LogP contribution < -0.4 is 10.0 Å². The molecule has 0 amide bonds. The average molecular weight is 395 g/mol. The SMILES string of the molecule is CCCNCc1ccc(S(=O)(=O)NC(C)CSC)c(Br)c1. The van der Waals surface area contributed by atoms with Gasteiger partial charge in [0.1, 0.15) is 0 Å². The highest BCUT2D eigenvalue weighted by molar-refractivity contribution is 9.10. The number of thioether (sulfide) groups is 1. The van der Waals surface area contributed by atoms with E-state index in [4.69, 9.17) is 0 Å². The predicted octanol–water partition coefficient (Wildman–Crippen LogP) is 2.98. The fourth-order valence-corrected chi connectivity index (χ4v) is 4.95. The third kappa shape index (κ3) is 6.28. The summed E-state index contributed by atoms with van der Waals surface area (Å²) in [5.41, 5.74) is 1.06. The number of nitrogens with one attached hydrogen (secondary N) is 2. The summed E-state index contributed by atoms with van der Waals surface area (Å²) in [6.45, 7) is 5.67. The second-order valence-electron chi connectivity index (χ2n) is 4.92. The van der Waals surface area contributed by atoms with Crippen LogP contribution in [-0.4, -0.2) is 33.0 Å². The van der Waals surface area contributed by atoms with Crippen LogP contribution in [0.25, 0.3) is 0 Å². The molecule has 1 aromatic rings. The van der Waals surface area contributed by atoms with Gasteiger partial charge >= 0.3 is 0 Å². The Kier molecular flexibility index (Phi) is 8.26. The van der Waals surface area contributed by atoms with Crippen molar-refractivity contribution in [3.8, 4) is 0 Å². The molecular weight excluding hydrogens is 372 g/mol. The minimum absolute atomic E-state index is 0.0946. The molecule has 4 nitrogen and oxygen atoms in total. The Morgan fingerprint density at radius 3 is 2.67 bits per heavy atom. The van der Waals surface area contributed by atoms with Crippen LogP contribution in [0.3, 0.4) is 0 Å². The molecule has 120 valence electrons. The Hall–Kier alpha value is -0.0800. The van der Waals surface area contributed by atoms with Crippen molar-refractivity contribution in [1.82, 2.24) is 10.0 Å². The van der Waals surface area contributed by atoms with Gasteiger partial charge in [-0.3, -0.25) is 0 Å². The van der Waals surface area contributed by atoms with Gasteiger partial charge in [-0.05, 0) is 59.8 Å². The third-order valence-electron chi connectivity index (χ3n) is 2.81. The van der Waals surface area contributed by atoms with Crippen LogP contribution in [0.4, 0.5) is 0 Å². The summed E-state index contributed by atoms with van der Waals surface area (Å²) >= 11 is 4.99. The number of sulfonamides is 1. The van der Waals surface area contributed by atoms with E-state index in [0.29, 0.717) is 4.47 Å². The average Bonchev–Trinajstić information content (AvgIpc) is 2.38. The van der Waals surface area contributed by atoms with Crippen LogP contribution in [-0.2, 0) is 16.6 Å². The van der Waals surface area contributed by atoms with E-state index in [1.165, 1.54) is 0 Å². The van der Waals surface area contributed by atoms with Crippen LogP contribution in [0, 0.1) is 0 Å². The molecule has 1 atom stereocenters. The summed E-state index contributed by atoms with van der Waals surface area (Å²) in [7, 11) is -3.48. The first-order valence-electron chi connectivity index (χ1n) is 6.91. The fourth-order valence-electron chi connectivity index (χ4n) is 1.89. The summed E-state index contributed by atoms with van der Waals surface area (Å²) in [5.74, 6) is 0.746. The molecule has 1 aromatic carbocycles. The van der Waals surface area contributed by atoms with E-state index in [2.05, 4.69) is 32.9 Å². The van der Waals surface area contributed by atoms with Gasteiger partial charge in [0.05, 0.1) is 4.90 Å². The lowest BCUT2D eigenvalue weighted by Gasteiger charge is -2.14. The van der Waals surface area contributed by atoms with Crippen molar-refractivity contribution in [2.24, 2.45) is 0 Å². The highest BCUT2D eigenvalue weighted by Crippen LogP contribution is 2.23. The zero-order valence-corrected chi connectivity index (χ0v) is 15.9. The van der Waals surface area contributed by atoms with Gasteiger partial charge in [0.2, 0.25) is 10.0 Å². The minimum atomic E-state index is -3.48. The van der Waals surface area contributed by atoms with E-state index in [1.807, 2.05) is 25.3 Å². The summed E-state index contributed by atoms with van der Waals surface area (Å²) in [4.78, 5) is 0.287. The van der Waals surface area contributed by atoms with E-state index in [1.54, 1.807) is 17.8 Å². The molecule has 0 saturated heterocycles. The highest BCUT2D eigenvalue weighted by atomic mass is 79.9. The molecule has 0 bridgehead atoms. The number of benzene rings is 1. The van der Waals surface area contributed by atoms with Gasteiger partial charge in [-0.1, -0.05) is 13.0 Å². The summed E-state index contributed by atoms with van der Waals surface area (Å²) < 4.78 is 28.0. The molecule has 7 heteroatoms. The molecule has 0 spiro atoms. The molecule has 0 heterocycles. The van der Waals surface area contributed by atoms with Crippen LogP contribution >= 0.6 is 27.7 Å². The van der Waals surface area contributed by atoms with Crippen molar-refractivity contribution >= 4 is 37.7 Å². The second-order valence-corrected chi connectivity index (χ2v) is 8.37. The predicted molar refractivity (Wildman–Crippen MR) is 94.3 cm³/mol. The standard InChI is InChI=1S/C14H23BrN2O2S2/c1-4-7-16-9-12-5-6-14(13(15)8-12)21(18,19)17-11(2)10-20-3/h5-6,8,11,16-17H,4,7,9-10H2,1-3H3. The Morgan fingerprint density at radius 2 is 2.10 bits per heavy atom. The maximum absolute atomic E-state index is 12.3.